The third-order valence-corrected chi connectivity index (χ3v) is 4.76. The van der Waals surface area contributed by atoms with E-state index in [0.717, 1.165) is 42.2 Å². The topological polar surface area (TPSA) is 85.8 Å². The molecule has 8 heteroatoms. The zero-order valence-electron chi connectivity index (χ0n) is 20.0. The molecule has 0 saturated carbocycles. The number of carbonyl (C=O) groups is 2. The van der Waals surface area contributed by atoms with E-state index in [1.165, 1.54) is 0 Å². The molecule has 2 amide bonds. The van der Waals surface area contributed by atoms with Crippen LogP contribution in [0.4, 0.5) is 5.69 Å². The summed E-state index contributed by atoms with van der Waals surface area (Å²) in [6, 6.07) is 15.5. The van der Waals surface area contributed by atoms with Crippen LogP contribution in [0.1, 0.15) is 48.2 Å². The van der Waals surface area contributed by atoms with Crippen LogP contribution in [0.3, 0.4) is 0 Å². The maximum absolute atomic E-state index is 12.1. The van der Waals surface area contributed by atoms with Gasteiger partial charge in [0.1, 0.15) is 0 Å². The number of nitrogens with one attached hydrogen (secondary N) is 3. The lowest BCUT2D eigenvalue weighted by molar-refractivity contribution is -0.116. The lowest BCUT2D eigenvalue weighted by Crippen LogP contribution is -2.38. The highest BCUT2D eigenvalue weighted by atomic mass is 127. The molecule has 2 aromatic rings. The molecule has 2 aromatic carbocycles. The van der Waals surface area contributed by atoms with Crippen LogP contribution in [-0.2, 0) is 17.8 Å². The summed E-state index contributed by atoms with van der Waals surface area (Å²) in [6.45, 7) is 6.02. The molecule has 0 fully saturated rings. The van der Waals surface area contributed by atoms with Gasteiger partial charge < -0.3 is 20.9 Å². The lowest BCUT2D eigenvalue weighted by Gasteiger charge is -2.13. The fourth-order valence-corrected chi connectivity index (χ4v) is 3.10. The summed E-state index contributed by atoms with van der Waals surface area (Å²) < 4.78 is 0. The number of nitrogens with zero attached hydrogens (tertiary/aromatic N) is 2. The number of rotatable bonds is 10. The minimum atomic E-state index is 0. The third-order valence-electron chi connectivity index (χ3n) is 4.76. The molecule has 7 nitrogen and oxygen atoms in total. The first-order valence-electron chi connectivity index (χ1n) is 11.1. The zero-order chi connectivity index (χ0) is 23.3. The molecule has 0 heterocycles. The molecule has 0 bridgehead atoms. The molecule has 0 aromatic heterocycles. The summed E-state index contributed by atoms with van der Waals surface area (Å²) >= 11 is 0. The highest BCUT2D eigenvalue weighted by Crippen LogP contribution is 2.11. The fraction of sp³-hybridized carbons (Fsp3) is 0.400. The molecule has 2 rings (SSSR count). The van der Waals surface area contributed by atoms with Gasteiger partial charge in [0.25, 0.3) is 5.91 Å². The van der Waals surface area contributed by atoms with Crippen molar-refractivity contribution in [2.45, 2.75) is 39.7 Å². The largest absolute Gasteiger partial charge is 0.357 e. The summed E-state index contributed by atoms with van der Waals surface area (Å²) in [6.07, 6.45) is 2.14. The Labute approximate surface area is 214 Å². The molecular formula is C25H36IN5O2. The first kappa shape index (κ1) is 28.4. The van der Waals surface area contributed by atoms with E-state index in [-0.39, 0.29) is 35.8 Å². The van der Waals surface area contributed by atoms with Crippen molar-refractivity contribution in [2.75, 3.05) is 32.5 Å². The maximum atomic E-state index is 12.1. The number of carbonyl (C=O) groups excluding carboxylic acids is 2. The van der Waals surface area contributed by atoms with Crippen molar-refractivity contribution in [2.24, 2.45) is 4.99 Å². The number of aliphatic imine (C=N–C) groups is 1. The monoisotopic (exact) mass is 565 g/mol. The maximum Gasteiger partial charge on any atom is 0.253 e. The third kappa shape index (κ3) is 10.2. The molecule has 0 aliphatic carbocycles. The minimum absolute atomic E-state index is 0. The first-order valence-corrected chi connectivity index (χ1v) is 11.1. The van der Waals surface area contributed by atoms with Crippen LogP contribution in [0.5, 0.6) is 0 Å². The number of guanidine groups is 1. The van der Waals surface area contributed by atoms with E-state index < -0.39 is 0 Å². The van der Waals surface area contributed by atoms with Crippen molar-refractivity contribution in [1.82, 2.24) is 15.5 Å². The van der Waals surface area contributed by atoms with Gasteiger partial charge in [0, 0.05) is 44.9 Å². The molecule has 0 unspecified atom stereocenters. The average Bonchev–Trinajstić information content (AvgIpc) is 2.78. The Morgan fingerprint density at radius 2 is 1.70 bits per heavy atom. The molecule has 0 radical (unpaired) electrons. The van der Waals surface area contributed by atoms with Crippen LogP contribution in [-0.4, -0.2) is 49.9 Å². The van der Waals surface area contributed by atoms with Gasteiger partial charge in [0.2, 0.25) is 5.91 Å². The Bertz CT molecular complexity index is 913. The predicted molar refractivity (Wildman–Crippen MR) is 146 cm³/mol. The number of benzene rings is 2. The predicted octanol–water partition coefficient (Wildman–Crippen LogP) is 4.04. The van der Waals surface area contributed by atoms with Gasteiger partial charge in [0.15, 0.2) is 5.96 Å². The number of halogens is 1. The molecule has 0 spiro atoms. The SMILES string of the molecule is CCCC(=O)Nc1ccc(CN=C(NCC)NCCc2cccc(C(=O)N(C)C)c2)cc1.I. The summed E-state index contributed by atoms with van der Waals surface area (Å²) in [5.41, 5.74) is 3.66. The zero-order valence-corrected chi connectivity index (χ0v) is 22.3. The molecule has 180 valence electrons. The van der Waals surface area contributed by atoms with Gasteiger partial charge in [-0.15, -0.1) is 24.0 Å². The molecule has 0 aliphatic rings. The number of hydrogen-bond acceptors (Lipinski definition) is 3. The molecular weight excluding hydrogens is 529 g/mol. The smallest absolute Gasteiger partial charge is 0.253 e. The Morgan fingerprint density at radius 1 is 0.970 bits per heavy atom. The van der Waals surface area contributed by atoms with E-state index in [4.69, 9.17) is 0 Å². The fourth-order valence-electron chi connectivity index (χ4n) is 3.10. The highest BCUT2D eigenvalue weighted by molar-refractivity contribution is 14.0. The van der Waals surface area contributed by atoms with E-state index in [0.29, 0.717) is 25.1 Å². The van der Waals surface area contributed by atoms with E-state index in [9.17, 15) is 9.59 Å². The van der Waals surface area contributed by atoms with Crippen molar-refractivity contribution in [3.63, 3.8) is 0 Å². The Kier molecular flexibility index (Phi) is 13.1. The van der Waals surface area contributed by atoms with E-state index >= 15 is 0 Å². The average molecular weight is 566 g/mol. The molecule has 0 aliphatic heterocycles. The first-order chi connectivity index (χ1) is 15.4. The standard InChI is InChI=1S/C25H35N5O2.HI/c1-5-8-23(31)29-22-13-11-20(12-14-22)18-28-25(26-6-2)27-16-15-19-9-7-10-21(17-19)24(32)30(3)4;/h7,9-14,17H,5-6,8,15-16,18H2,1-4H3,(H,29,31)(H2,26,27,28);1H. The van der Waals surface area contributed by atoms with E-state index in [2.05, 4.69) is 20.9 Å². The highest BCUT2D eigenvalue weighted by Gasteiger charge is 2.08. The summed E-state index contributed by atoms with van der Waals surface area (Å²) in [7, 11) is 3.51. The Morgan fingerprint density at radius 3 is 2.33 bits per heavy atom. The van der Waals surface area contributed by atoms with Crippen LogP contribution in [0, 0.1) is 0 Å². The van der Waals surface area contributed by atoms with Crippen molar-refractivity contribution < 1.29 is 9.59 Å². The van der Waals surface area contributed by atoms with Gasteiger partial charge in [-0.3, -0.25) is 9.59 Å². The van der Waals surface area contributed by atoms with Gasteiger partial charge in [0.05, 0.1) is 6.54 Å². The van der Waals surface area contributed by atoms with Crippen molar-refractivity contribution in [3.8, 4) is 0 Å². The Hall–Kier alpha value is -2.62. The quantitative estimate of drug-likeness (QED) is 0.231. The van der Waals surface area contributed by atoms with Crippen LogP contribution in [0.25, 0.3) is 0 Å². The van der Waals surface area contributed by atoms with Crippen molar-refractivity contribution in [1.29, 1.82) is 0 Å². The number of hydrogen-bond donors (Lipinski definition) is 3. The lowest BCUT2D eigenvalue weighted by atomic mass is 10.1. The number of amides is 2. The molecule has 0 atom stereocenters. The van der Waals surface area contributed by atoms with Gasteiger partial charge in [-0.2, -0.15) is 0 Å². The number of anilines is 1. The van der Waals surface area contributed by atoms with Crippen molar-refractivity contribution >= 4 is 47.4 Å². The molecule has 33 heavy (non-hydrogen) atoms. The van der Waals surface area contributed by atoms with Crippen molar-refractivity contribution in [3.05, 3.63) is 65.2 Å². The van der Waals surface area contributed by atoms with Crippen LogP contribution >= 0.6 is 24.0 Å². The summed E-state index contributed by atoms with van der Waals surface area (Å²) in [5.74, 6) is 0.785. The second-order valence-corrected chi connectivity index (χ2v) is 7.77. The van der Waals surface area contributed by atoms with Gasteiger partial charge in [-0.1, -0.05) is 31.2 Å². The van der Waals surface area contributed by atoms with Gasteiger partial charge >= 0.3 is 0 Å². The second-order valence-electron chi connectivity index (χ2n) is 7.77. The van der Waals surface area contributed by atoms with E-state index in [1.807, 2.05) is 62.4 Å². The van der Waals surface area contributed by atoms with Gasteiger partial charge in [-0.05, 0) is 55.2 Å². The minimum Gasteiger partial charge on any atom is -0.357 e. The summed E-state index contributed by atoms with van der Waals surface area (Å²) in [5, 5.41) is 9.50. The van der Waals surface area contributed by atoms with E-state index in [1.54, 1.807) is 19.0 Å². The molecule has 0 saturated heterocycles. The second kappa shape index (κ2) is 15.3. The van der Waals surface area contributed by atoms with Gasteiger partial charge in [-0.25, -0.2) is 4.99 Å². The van der Waals surface area contributed by atoms with Crippen LogP contribution in [0.15, 0.2) is 53.5 Å². The summed E-state index contributed by atoms with van der Waals surface area (Å²) in [4.78, 5) is 30.1. The van der Waals surface area contributed by atoms with Crippen LogP contribution < -0.4 is 16.0 Å². The molecule has 3 N–H and O–H groups in total. The Balaban J connectivity index is 0.00000544. The van der Waals surface area contributed by atoms with Crippen LogP contribution in [0.2, 0.25) is 0 Å². The normalized spacial score (nSPS) is 10.7.